The summed E-state index contributed by atoms with van der Waals surface area (Å²) < 4.78 is 6.28. The second-order valence-corrected chi connectivity index (χ2v) is 6.64. The molecule has 0 unspecified atom stereocenters. The molecule has 1 aromatic heterocycles. The maximum atomic E-state index is 12.2. The van der Waals surface area contributed by atoms with Crippen molar-refractivity contribution in [3.05, 3.63) is 60.3 Å². The van der Waals surface area contributed by atoms with E-state index in [0.29, 0.717) is 0 Å². The number of hydrogen-bond acceptors (Lipinski definition) is 3. The van der Waals surface area contributed by atoms with Crippen LogP contribution in [-0.4, -0.2) is 22.1 Å². The molecule has 0 spiro atoms. The van der Waals surface area contributed by atoms with Crippen molar-refractivity contribution in [2.75, 3.05) is 0 Å². The van der Waals surface area contributed by atoms with E-state index in [1.807, 2.05) is 55.5 Å². The maximum Gasteiger partial charge on any atom is 0.223 e. The summed E-state index contributed by atoms with van der Waals surface area (Å²) in [5.74, 6) is 1.07. The molecule has 1 aliphatic rings. The summed E-state index contributed by atoms with van der Waals surface area (Å²) in [7, 11) is 0. The number of nitrogens with one attached hydrogen (secondary N) is 2. The molecule has 128 valence electrons. The molecule has 5 nitrogen and oxygen atoms in total. The number of carbonyl (C=O) groups excluding carboxylic acids is 1. The molecule has 5 heteroatoms. The van der Waals surface area contributed by atoms with Gasteiger partial charge in [0.15, 0.2) is 0 Å². The number of hydrogen-bond donors (Lipinski definition) is 2. The van der Waals surface area contributed by atoms with E-state index < -0.39 is 0 Å². The average molecular weight is 335 g/mol. The largest absolute Gasteiger partial charge is 0.484 e. The summed E-state index contributed by atoms with van der Waals surface area (Å²) in [6.07, 6.45) is 3.50. The Morgan fingerprint density at radius 3 is 2.80 bits per heavy atom. The van der Waals surface area contributed by atoms with Crippen LogP contribution >= 0.6 is 0 Å². The fourth-order valence-electron chi connectivity index (χ4n) is 3.01. The molecule has 1 saturated carbocycles. The minimum atomic E-state index is -0.256. The van der Waals surface area contributed by atoms with E-state index in [9.17, 15) is 4.79 Å². The summed E-state index contributed by atoms with van der Waals surface area (Å²) in [6, 6.07) is 15.7. The Bertz CT molecular complexity index is 871. The third-order valence-corrected chi connectivity index (χ3v) is 4.58. The number of nitrogens with zero attached hydrogens (tertiary/aromatic N) is 1. The normalized spacial score (nSPS) is 16.4. The molecule has 2 atom stereocenters. The highest BCUT2D eigenvalue weighted by atomic mass is 16.5. The van der Waals surface area contributed by atoms with Crippen molar-refractivity contribution in [3.63, 3.8) is 0 Å². The minimum absolute atomic E-state index is 0.127. The van der Waals surface area contributed by atoms with E-state index in [1.165, 1.54) is 0 Å². The number of benzene rings is 2. The first-order valence-electron chi connectivity index (χ1n) is 8.66. The summed E-state index contributed by atoms with van der Waals surface area (Å²) in [4.78, 5) is 12.2. The highest BCUT2D eigenvalue weighted by molar-refractivity contribution is 5.81. The van der Waals surface area contributed by atoms with Crippen LogP contribution in [0.5, 0.6) is 5.75 Å². The van der Waals surface area contributed by atoms with E-state index in [2.05, 4.69) is 15.5 Å². The fourth-order valence-corrected chi connectivity index (χ4v) is 3.01. The number of amides is 1. The van der Waals surface area contributed by atoms with Crippen molar-refractivity contribution in [3.8, 4) is 5.75 Å². The molecular weight excluding hydrogens is 314 g/mol. The lowest BCUT2D eigenvalue weighted by Crippen LogP contribution is -2.39. The zero-order chi connectivity index (χ0) is 17.2. The van der Waals surface area contributed by atoms with Crippen LogP contribution in [0.4, 0.5) is 0 Å². The second kappa shape index (κ2) is 6.59. The lowest BCUT2D eigenvalue weighted by molar-refractivity contribution is -0.123. The van der Waals surface area contributed by atoms with E-state index in [4.69, 9.17) is 4.74 Å². The predicted molar refractivity (Wildman–Crippen MR) is 96.2 cm³/mol. The molecule has 0 saturated heterocycles. The van der Waals surface area contributed by atoms with Gasteiger partial charge in [0, 0.05) is 11.3 Å². The van der Waals surface area contributed by atoms with Gasteiger partial charge in [0.05, 0.1) is 17.8 Å². The molecule has 25 heavy (non-hydrogen) atoms. The summed E-state index contributed by atoms with van der Waals surface area (Å²) in [5, 5.41) is 11.1. The van der Waals surface area contributed by atoms with Crippen LogP contribution in [0.15, 0.2) is 54.7 Å². The van der Waals surface area contributed by atoms with E-state index in [-0.39, 0.29) is 24.0 Å². The van der Waals surface area contributed by atoms with Gasteiger partial charge in [0.1, 0.15) is 11.9 Å². The quantitative estimate of drug-likeness (QED) is 0.723. The van der Waals surface area contributed by atoms with Gasteiger partial charge >= 0.3 is 0 Å². The first-order valence-corrected chi connectivity index (χ1v) is 8.66. The van der Waals surface area contributed by atoms with Crippen LogP contribution in [0.25, 0.3) is 10.9 Å². The number of rotatable bonds is 6. The van der Waals surface area contributed by atoms with Crippen molar-refractivity contribution in [2.45, 2.75) is 31.9 Å². The Hall–Kier alpha value is -2.82. The van der Waals surface area contributed by atoms with E-state index >= 15 is 0 Å². The van der Waals surface area contributed by atoms with Crippen molar-refractivity contribution < 1.29 is 9.53 Å². The van der Waals surface area contributed by atoms with Crippen molar-refractivity contribution in [2.24, 2.45) is 5.92 Å². The van der Waals surface area contributed by atoms with Gasteiger partial charge in [0.2, 0.25) is 5.91 Å². The van der Waals surface area contributed by atoms with E-state index in [0.717, 1.165) is 35.1 Å². The van der Waals surface area contributed by atoms with Gasteiger partial charge in [-0.2, -0.15) is 5.10 Å². The molecule has 1 fully saturated rings. The van der Waals surface area contributed by atoms with Crippen LogP contribution in [0.1, 0.15) is 31.4 Å². The lowest BCUT2D eigenvalue weighted by Gasteiger charge is -2.26. The highest BCUT2D eigenvalue weighted by Gasteiger charge is 2.32. The third kappa shape index (κ3) is 3.50. The number of carbonyl (C=O) groups is 1. The molecule has 3 aromatic rings. The number of aromatic nitrogens is 2. The molecular formula is C20H21N3O2. The van der Waals surface area contributed by atoms with Crippen LogP contribution < -0.4 is 10.1 Å². The first-order chi connectivity index (χ1) is 12.2. The standard InChI is InChI=1S/C20H21N3O2/c1-13(22-20(24)15-7-8-15)19(14-5-3-2-4-6-14)25-17-9-10-18-16(11-17)12-21-23-18/h2-6,9-13,15,19H,7-8H2,1H3,(H,21,23)(H,22,24)/t13-,19-/m0/s1. The molecule has 1 heterocycles. The number of ether oxygens (including phenoxy) is 1. The van der Waals surface area contributed by atoms with Gasteiger partial charge in [-0.1, -0.05) is 30.3 Å². The molecule has 0 aliphatic heterocycles. The van der Waals surface area contributed by atoms with Crippen molar-refractivity contribution in [1.29, 1.82) is 0 Å². The number of H-pyrrole nitrogens is 1. The Morgan fingerprint density at radius 1 is 1.24 bits per heavy atom. The van der Waals surface area contributed by atoms with Crippen LogP contribution in [-0.2, 0) is 4.79 Å². The molecule has 1 amide bonds. The average Bonchev–Trinajstić information content (AvgIpc) is 3.38. The van der Waals surface area contributed by atoms with Gasteiger partial charge < -0.3 is 10.1 Å². The topological polar surface area (TPSA) is 67.0 Å². The van der Waals surface area contributed by atoms with E-state index in [1.54, 1.807) is 6.20 Å². The lowest BCUT2D eigenvalue weighted by atomic mass is 10.0. The van der Waals surface area contributed by atoms with Crippen LogP contribution in [0.2, 0.25) is 0 Å². The summed E-state index contributed by atoms with van der Waals surface area (Å²) in [5.41, 5.74) is 2.01. The molecule has 2 aromatic carbocycles. The number of aromatic amines is 1. The molecule has 0 bridgehead atoms. The van der Waals surface area contributed by atoms with Gasteiger partial charge in [-0.15, -0.1) is 0 Å². The SMILES string of the molecule is C[C@H](NC(=O)C1CC1)[C@H](Oc1ccc2[nH]ncc2c1)c1ccccc1. The molecule has 0 radical (unpaired) electrons. The Morgan fingerprint density at radius 2 is 2.04 bits per heavy atom. The molecule has 2 N–H and O–H groups in total. The van der Waals surface area contributed by atoms with Crippen molar-refractivity contribution in [1.82, 2.24) is 15.5 Å². The molecule has 4 rings (SSSR count). The third-order valence-electron chi connectivity index (χ3n) is 4.58. The zero-order valence-corrected chi connectivity index (χ0v) is 14.1. The summed E-state index contributed by atoms with van der Waals surface area (Å²) >= 11 is 0. The first kappa shape index (κ1) is 15.7. The van der Waals surface area contributed by atoms with Gasteiger partial charge in [0.25, 0.3) is 0 Å². The predicted octanol–water partition coefficient (Wildman–Crippen LogP) is 3.60. The number of fused-ring (bicyclic) bond motifs is 1. The molecule has 1 aliphatic carbocycles. The minimum Gasteiger partial charge on any atom is -0.484 e. The maximum absolute atomic E-state index is 12.2. The van der Waals surface area contributed by atoms with Crippen LogP contribution in [0, 0.1) is 5.92 Å². The van der Waals surface area contributed by atoms with Crippen LogP contribution in [0.3, 0.4) is 0 Å². The zero-order valence-electron chi connectivity index (χ0n) is 14.1. The second-order valence-electron chi connectivity index (χ2n) is 6.64. The van der Waals surface area contributed by atoms with Crippen molar-refractivity contribution >= 4 is 16.8 Å². The van der Waals surface area contributed by atoms with Gasteiger partial charge in [-0.05, 0) is 43.5 Å². The Kier molecular flexibility index (Phi) is 4.14. The van der Waals surface area contributed by atoms with Gasteiger partial charge in [-0.3, -0.25) is 9.89 Å². The Balaban J connectivity index is 1.58. The Labute approximate surface area is 146 Å². The van der Waals surface area contributed by atoms with Gasteiger partial charge in [-0.25, -0.2) is 0 Å². The highest BCUT2D eigenvalue weighted by Crippen LogP contribution is 2.31. The monoisotopic (exact) mass is 335 g/mol. The summed E-state index contributed by atoms with van der Waals surface area (Å²) in [6.45, 7) is 1.99. The fraction of sp³-hybridized carbons (Fsp3) is 0.300. The smallest absolute Gasteiger partial charge is 0.223 e.